The maximum atomic E-state index is 11.9. The van der Waals surface area contributed by atoms with Gasteiger partial charge in [-0.15, -0.1) is 0 Å². The summed E-state index contributed by atoms with van der Waals surface area (Å²) in [6, 6.07) is 12.1. The van der Waals surface area contributed by atoms with Crippen molar-refractivity contribution in [3.63, 3.8) is 0 Å². The van der Waals surface area contributed by atoms with Crippen LogP contribution in [-0.2, 0) is 4.79 Å². The molecule has 0 unspecified atom stereocenters. The van der Waals surface area contributed by atoms with E-state index in [1.54, 1.807) is 6.07 Å². The molecule has 23 heavy (non-hydrogen) atoms. The van der Waals surface area contributed by atoms with Crippen LogP contribution in [0.2, 0.25) is 5.02 Å². The van der Waals surface area contributed by atoms with Crippen molar-refractivity contribution in [3.05, 3.63) is 63.2 Å². The van der Waals surface area contributed by atoms with Gasteiger partial charge < -0.3 is 10.1 Å². The summed E-state index contributed by atoms with van der Waals surface area (Å²) in [5.41, 5.74) is 0.255. The summed E-state index contributed by atoms with van der Waals surface area (Å²) in [5.74, 6) is -0.582. The Labute approximate surface area is 136 Å². The van der Waals surface area contributed by atoms with E-state index in [4.69, 9.17) is 21.6 Å². The molecule has 0 aliphatic heterocycles. The predicted molar refractivity (Wildman–Crippen MR) is 83.4 cm³/mol. The van der Waals surface area contributed by atoms with Crippen molar-refractivity contribution in [1.29, 1.82) is 5.26 Å². The van der Waals surface area contributed by atoms with Gasteiger partial charge in [0, 0.05) is 11.1 Å². The number of hydrogen-bond donors (Lipinski definition) is 1. The number of halogens is 1. The fraction of sp³-hybridized carbons (Fsp3) is 0.0667. The normalized spacial score (nSPS) is 9.74. The van der Waals surface area contributed by atoms with Gasteiger partial charge in [-0.2, -0.15) is 5.26 Å². The van der Waals surface area contributed by atoms with Crippen LogP contribution in [0.4, 0.5) is 11.4 Å². The molecule has 1 N–H and O–H groups in total. The molecular weight excluding hydrogens is 322 g/mol. The van der Waals surface area contributed by atoms with Crippen LogP contribution in [-0.4, -0.2) is 17.4 Å². The number of anilines is 1. The Morgan fingerprint density at radius 1 is 1.35 bits per heavy atom. The lowest BCUT2D eigenvalue weighted by atomic mass is 10.2. The molecule has 0 saturated heterocycles. The minimum absolute atomic E-state index is 0.0146. The molecule has 0 aliphatic rings. The van der Waals surface area contributed by atoms with Crippen LogP contribution in [0.3, 0.4) is 0 Å². The monoisotopic (exact) mass is 331 g/mol. The Bertz CT molecular complexity index is 802. The number of nitro groups is 1. The number of para-hydroxylation sites is 2. The van der Waals surface area contributed by atoms with Crippen LogP contribution in [0.1, 0.15) is 5.56 Å². The summed E-state index contributed by atoms with van der Waals surface area (Å²) in [6.45, 7) is -0.442. The maximum absolute atomic E-state index is 11.9. The second kappa shape index (κ2) is 7.24. The maximum Gasteiger partial charge on any atom is 0.310 e. The fourth-order valence-corrected chi connectivity index (χ4v) is 1.95. The molecule has 0 aliphatic carbocycles. The zero-order valence-corrected chi connectivity index (χ0v) is 12.4. The Hall–Kier alpha value is -3.11. The minimum atomic E-state index is -0.599. The number of hydrogen-bond acceptors (Lipinski definition) is 5. The van der Waals surface area contributed by atoms with E-state index in [1.165, 1.54) is 36.4 Å². The smallest absolute Gasteiger partial charge is 0.310 e. The first-order chi connectivity index (χ1) is 11.0. The van der Waals surface area contributed by atoms with E-state index in [0.717, 1.165) is 0 Å². The molecule has 2 aromatic rings. The summed E-state index contributed by atoms with van der Waals surface area (Å²) < 4.78 is 5.17. The lowest BCUT2D eigenvalue weighted by Gasteiger charge is -2.09. The second-order valence-corrected chi connectivity index (χ2v) is 4.80. The molecule has 8 heteroatoms. The highest BCUT2D eigenvalue weighted by Crippen LogP contribution is 2.26. The molecule has 0 spiro atoms. The molecule has 0 heterocycles. The van der Waals surface area contributed by atoms with E-state index in [-0.39, 0.29) is 22.7 Å². The Morgan fingerprint density at radius 2 is 2.09 bits per heavy atom. The first-order valence-corrected chi connectivity index (χ1v) is 6.75. The molecule has 0 fully saturated rings. The topological polar surface area (TPSA) is 105 Å². The van der Waals surface area contributed by atoms with Crippen LogP contribution in [0.5, 0.6) is 5.75 Å². The number of nitro benzene ring substituents is 1. The summed E-state index contributed by atoms with van der Waals surface area (Å²) >= 11 is 5.82. The number of nitrogens with one attached hydrogen (secondary N) is 1. The molecule has 2 rings (SSSR count). The number of carbonyl (C=O) groups excluding carboxylic acids is 1. The van der Waals surface area contributed by atoms with Crippen molar-refractivity contribution in [2.24, 2.45) is 0 Å². The highest BCUT2D eigenvalue weighted by molar-refractivity contribution is 6.31. The number of benzene rings is 2. The number of carbonyl (C=O) groups is 1. The van der Waals surface area contributed by atoms with E-state index in [2.05, 4.69) is 5.32 Å². The SMILES string of the molecule is N#Cc1ccc(Cl)cc1NC(=O)COc1ccccc1[N+](=O)[O-]. The molecule has 0 saturated carbocycles. The second-order valence-electron chi connectivity index (χ2n) is 4.36. The van der Waals surface area contributed by atoms with Crippen molar-refractivity contribution < 1.29 is 14.5 Å². The van der Waals surface area contributed by atoms with E-state index >= 15 is 0 Å². The van der Waals surface area contributed by atoms with E-state index in [9.17, 15) is 14.9 Å². The number of nitrogens with zero attached hydrogens (tertiary/aromatic N) is 2. The summed E-state index contributed by atoms with van der Waals surface area (Å²) in [7, 11) is 0. The van der Waals surface area contributed by atoms with Gasteiger partial charge >= 0.3 is 5.69 Å². The lowest BCUT2D eigenvalue weighted by Crippen LogP contribution is -2.21. The van der Waals surface area contributed by atoms with Gasteiger partial charge in [0.15, 0.2) is 12.4 Å². The fourth-order valence-electron chi connectivity index (χ4n) is 1.78. The molecule has 0 atom stereocenters. The minimum Gasteiger partial charge on any atom is -0.477 e. The highest BCUT2D eigenvalue weighted by Gasteiger charge is 2.15. The molecule has 116 valence electrons. The molecule has 1 amide bonds. The Morgan fingerprint density at radius 3 is 2.78 bits per heavy atom. The van der Waals surface area contributed by atoms with E-state index in [0.29, 0.717) is 5.02 Å². The largest absolute Gasteiger partial charge is 0.477 e. The summed E-state index contributed by atoms with van der Waals surface area (Å²) in [6.07, 6.45) is 0. The molecule has 7 nitrogen and oxygen atoms in total. The average Bonchev–Trinajstić information content (AvgIpc) is 2.53. The van der Waals surface area contributed by atoms with Gasteiger partial charge in [-0.3, -0.25) is 14.9 Å². The van der Waals surface area contributed by atoms with Gasteiger partial charge in [-0.05, 0) is 24.3 Å². The van der Waals surface area contributed by atoms with Crippen molar-refractivity contribution in [3.8, 4) is 11.8 Å². The van der Waals surface area contributed by atoms with Gasteiger partial charge in [0.05, 0.1) is 16.2 Å². The molecular formula is C15H10ClN3O4. The molecule has 0 radical (unpaired) electrons. The number of nitriles is 1. The van der Waals surface area contributed by atoms with Crippen LogP contribution < -0.4 is 10.1 Å². The number of ether oxygens (including phenoxy) is 1. The highest BCUT2D eigenvalue weighted by atomic mass is 35.5. The summed E-state index contributed by atoms with van der Waals surface area (Å²) in [4.78, 5) is 22.1. The first-order valence-electron chi connectivity index (χ1n) is 6.37. The van der Waals surface area contributed by atoms with Crippen molar-refractivity contribution >= 4 is 28.9 Å². The Kier molecular flexibility index (Phi) is 5.12. The zero-order valence-electron chi connectivity index (χ0n) is 11.7. The predicted octanol–water partition coefficient (Wildman–Crippen LogP) is 3.14. The zero-order chi connectivity index (χ0) is 16.8. The number of amides is 1. The molecule has 0 bridgehead atoms. The van der Waals surface area contributed by atoms with Crippen molar-refractivity contribution in [1.82, 2.24) is 0 Å². The number of rotatable bonds is 5. The Balaban J connectivity index is 2.06. The third-order valence-electron chi connectivity index (χ3n) is 2.80. The third kappa shape index (κ3) is 4.18. The van der Waals surface area contributed by atoms with E-state index < -0.39 is 17.4 Å². The third-order valence-corrected chi connectivity index (χ3v) is 3.03. The van der Waals surface area contributed by atoms with Crippen molar-refractivity contribution in [2.75, 3.05) is 11.9 Å². The average molecular weight is 332 g/mol. The molecule has 0 aromatic heterocycles. The standard InChI is InChI=1S/C15H10ClN3O4/c16-11-6-5-10(8-17)12(7-11)18-15(20)9-23-14-4-2-1-3-13(14)19(21)22/h1-7H,9H2,(H,18,20). The van der Waals surface area contributed by atoms with Gasteiger partial charge in [0.2, 0.25) is 0 Å². The quantitative estimate of drug-likeness (QED) is 0.669. The lowest BCUT2D eigenvalue weighted by molar-refractivity contribution is -0.385. The van der Waals surface area contributed by atoms with Crippen LogP contribution in [0, 0.1) is 21.4 Å². The van der Waals surface area contributed by atoms with Gasteiger partial charge in [-0.25, -0.2) is 0 Å². The van der Waals surface area contributed by atoms with Crippen molar-refractivity contribution in [2.45, 2.75) is 0 Å². The van der Waals surface area contributed by atoms with E-state index in [1.807, 2.05) is 6.07 Å². The van der Waals surface area contributed by atoms with Crippen LogP contribution >= 0.6 is 11.6 Å². The first kappa shape index (κ1) is 16.3. The molecule has 2 aromatic carbocycles. The van der Waals surface area contributed by atoms with Crippen LogP contribution in [0.25, 0.3) is 0 Å². The summed E-state index contributed by atoms with van der Waals surface area (Å²) in [5, 5.41) is 22.7. The van der Waals surface area contributed by atoms with Crippen LogP contribution in [0.15, 0.2) is 42.5 Å². The van der Waals surface area contributed by atoms with Gasteiger partial charge in [0.25, 0.3) is 5.91 Å². The van der Waals surface area contributed by atoms with Gasteiger partial charge in [-0.1, -0.05) is 23.7 Å². The van der Waals surface area contributed by atoms with Gasteiger partial charge in [0.1, 0.15) is 6.07 Å².